The van der Waals surface area contributed by atoms with Gasteiger partial charge in [0.1, 0.15) is 5.01 Å². The van der Waals surface area contributed by atoms with Crippen molar-refractivity contribution in [3.05, 3.63) is 53.1 Å². The predicted molar refractivity (Wildman–Crippen MR) is 104 cm³/mol. The summed E-state index contributed by atoms with van der Waals surface area (Å²) in [5.74, 6) is 0.144. The molecule has 25 heavy (non-hydrogen) atoms. The standard InChI is InChI=1S/C20H19ClN2OS/c21-16-8-5-14(6-9-16)19-22-17-10-7-15(13-18(17)25-19)20(24)23-11-3-1-2-4-12-23/h5-10,13H,1-4,11-12H2. The van der Waals surface area contributed by atoms with Crippen molar-refractivity contribution in [2.75, 3.05) is 13.1 Å². The van der Waals surface area contributed by atoms with Gasteiger partial charge in [0.2, 0.25) is 0 Å². The van der Waals surface area contributed by atoms with Crippen LogP contribution in [0.15, 0.2) is 42.5 Å². The van der Waals surface area contributed by atoms with Crippen molar-refractivity contribution < 1.29 is 4.79 Å². The minimum absolute atomic E-state index is 0.144. The van der Waals surface area contributed by atoms with E-state index in [2.05, 4.69) is 0 Å². The number of benzene rings is 2. The SMILES string of the molecule is O=C(c1ccc2nc(-c3ccc(Cl)cc3)sc2c1)N1CCCCCC1. The molecule has 1 aliphatic heterocycles. The van der Waals surface area contributed by atoms with Gasteiger partial charge in [0.25, 0.3) is 5.91 Å². The van der Waals surface area contributed by atoms with Gasteiger partial charge in [-0.2, -0.15) is 0 Å². The number of thiazole rings is 1. The molecule has 0 atom stereocenters. The summed E-state index contributed by atoms with van der Waals surface area (Å²) < 4.78 is 1.05. The summed E-state index contributed by atoms with van der Waals surface area (Å²) in [7, 11) is 0. The molecule has 0 bridgehead atoms. The Hall–Kier alpha value is -1.91. The van der Waals surface area contributed by atoms with Crippen LogP contribution >= 0.6 is 22.9 Å². The average molecular weight is 371 g/mol. The summed E-state index contributed by atoms with van der Waals surface area (Å²) in [6.45, 7) is 1.74. The third-order valence-electron chi connectivity index (χ3n) is 4.62. The quantitative estimate of drug-likeness (QED) is 0.585. The van der Waals surface area contributed by atoms with E-state index in [0.29, 0.717) is 0 Å². The Morgan fingerprint density at radius 3 is 2.44 bits per heavy atom. The van der Waals surface area contributed by atoms with Crippen LogP contribution in [0.5, 0.6) is 0 Å². The van der Waals surface area contributed by atoms with E-state index < -0.39 is 0 Å². The molecule has 2 aromatic carbocycles. The van der Waals surface area contributed by atoms with Crippen LogP contribution in [-0.2, 0) is 0 Å². The molecule has 0 aliphatic carbocycles. The van der Waals surface area contributed by atoms with Gasteiger partial charge in [-0.3, -0.25) is 4.79 Å². The van der Waals surface area contributed by atoms with Crippen LogP contribution in [0, 0.1) is 0 Å². The van der Waals surface area contributed by atoms with Gasteiger partial charge in [-0.05, 0) is 43.2 Å². The third-order valence-corrected chi connectivity index (χ3v) is 5.94. The molecule has 5 heteroatoms. The monoisotopic (exact) mass is 370 g/mol. The molecule has 0 N–H and O–H groups in total. The van der Waals surface area contributed by atoms with Gasteiger partial charge in [0, 0.05) is 29.2 Å². The lowest BCUT2D eigenvalue weighted by Gasteiger charge is -2.20. The first-order valence-electron chi connectivity index (χ1n) is 8.66. The molecule has 0 spiro atoms. The van der Waals surface area contributed by atoms with E-state index >= 15 is 0 Å². The molecule has 4 rings (SSSR count). The number of likely N-dealkylation sites (tertiary alicyclic amines) is 1. The molecule has 1 amide bonds. The molecule has 1 fully saturated rings. The number of hydrogen-bond donors (Lipinski definition) is 0. The van der Waals surface area contributed by atoms with Gasteiger partial charge in [0.15, 0.2) is 0 Å². The van der Waals surface area contributed by atoms with E-state index in [1.165, 1.54) is 12.8 Å². The third kappa shape index (κ3) is 3.55. The van der Waals surface area contributed by atoms with Crippen LogP contribution in [0.1, 0.15) is 36.0 Å². The van der Waals surface area contributed by atoms with E-state index in [0.717, 1.165) is 57.3 Å². The lowest BCUT2D eigenvalue weighted by Crippen LogP contribution is -2.31. The van der Waals surface area contributed by atoms with E-state index in [9.17, 15) is 4.79 Å². The molecule has 3 aromatic rings. The minimum atomic E-state index is 0.144. The number of amides is 1. The maximum atomic E-state index is 12.8. The van der Waals surface area contributed by atoms with Gasteiger partial charge < -0.3 is 4.90 Å². The highest BCUT2D eigenvalue weighted by Gasteiger charge is 2.18. The number of carbonyl (C=O) groups excluding carboxylic acids is 1. The number of carbonyl (C=O) groups is 1. The van der Waals surface area contributed by atoms with Crippen LogP contribution in [0.3, 0.4) is 0 Å². The van der Waals surface area contributed by atoms with Crippen LogP contribution in [-0.4, -0.2) is 28.9 Å². The normalized spacial score (nSPS) is 15.3. The van der Waals surface area contributed by atoms with E-state index in [4.69, 9.17) is 16.6 Å². The number of hydrogen-bond acceptors (Lipinski definition) is 3. The molecular weight excluding hydrogens is 352 g/mol. The number of aromatic nitrogens is 1. The van der Waals surface area contributed by atoms with E-state index in [-0.39, 0.29) is 5.91 Å². The van der Waals surface area contributed by atoms with Crippen molar-refractivity contribution in [2.45, 2.75) is 25.7 Å². The second-order valence-electron chi connectivity index (χ2n) is 6.41. The first-order chi connectivity index (χ1) is 12.2. The molecule has 1 saturated heterocycles. The van der Waals surface area contributed by atoms with Gasteiger partial charge in [-0.25, -0.2) is 4.98 Å². The summed E-state index contributed by atoms with van der Waals surface area (Å²) in [5, 5.41) is 1.67. The van der Waals surface area contributed by atoms with Crippen molar-refractivity contribution >= 4 is 39.1 Å². The Labute approximate surface area is 156 Å². The van der Waals surface area contributed by atoms with Gasteiger partial charge in [-0.15, -0.1) is 11.3 Å². The molecule has 0 radical (unpaired) electrons. The zero-order chi connectivity index (χ0) is 17.2. The molecule has 128 valence electrons. The second-order valence-corrected chi connectivity index (χ2v) is 7.88. The van der Waals surface area contributed by atoms with Crippen molar-refractivity contribution in [2.24, 2.45) is 0 Å². The smallest absolute Gasteiger partial charge is 0.253 e. The fourth-order valence-electron chi connectivity index (χ4n) is 3.23. The highest BCUT2D eigenvalue weighted by atomic mass is 35.5. The van der Waals surface area contributed by atoms with Gasteiger partial charge in [0.05, 0.1) is 10.2 Å². The molecule has 3 nitrogen and oxygen atoms in total. The first kappa shape index (κ1) is 16.6. The Balaban J connectivity index is 1.63. The van der Waals surface area contributed by atoms with E-state index in [1.54, 1.807) is 11.3 Å². The van der Waals surface area contributed by atoms with Gasteiger partial charge in [-0.1, -0.05) is 36.6 Å². The van der Waals surface area contributed by atoms with E-state index in [1.807, 2.05) is 47.4 Å². The molecule has 1 aliphatic rings. The van der Waals surface area contributed by atoms with Gasteiger partial charge >= 0.3 is 0 Å². The number of fused-ring (bicyclic) bond motifs is 1. The van der Waals surface area contributed by atoms with Crippen LogP contribution < -0.4 is 0 Å². The zero-order valence-electron chi connectivity index (χ0n) is 13.9. The highest BCUT2D eigenvalue weighted by Crippen LogP contribution is 2.31. The molecule has 0 unspecified atom stereocenters. The number of nitrogens with zero attached hydrogens (tertiary/aromatic N) is 2. The fraction of sp³-hybridized carbons (Fsp3) is 0.300. The maximum absolute atomic E-state index is 12.8. The van der Waals surface area contributed by atoms with Crippen LogP contribution in [0.2, 0.25) is 5.02 Å². The van der Waals surface area contributed by atoms with Crippen molar-refractivity contribution in [1.82, 2.24) is 9.88 Å². The van der Waals surface area contributed by atoms with Crippen LogP contribution in [0.4, 0.5) is 0 Å². The summed E-state index contributed by atoms with van der Waals surface area (Å²) in [5.41, 5.74) is 2.74. The predicted octanol–water partition coefficient (Wildman–Crippen LogP) is 5.63. The molecule has 1 aromatic heterocycles. The lowest BCUT2D eigenvalue weighted by atomic mass is 10.2. The lowest BCUT2D eigenvalue weighted by molar-refractivity contribution is 0.0762. The Kier molecular flexibility index (Phi) is 4.73. The second kappa shape index (κ2) is 7.14. The zero-order valence-corrected chi connectivity index (χ0v) is 15.4. The van der Waals surface area contributed by atoms with Crippen LogP contribution in [0.25, 0.3) is 20.8 Å². The molecule has 0 saturated carbocycles. The number of rotatable bonds is 2. The number of halogens is 1. The topological polar surface area (TPSA) is 33.2 Å². The maximum Gasteiger partial charge on any atom is 0.253 e. The summed E-state index contributed by atoms with van der Waals surface area (Å²) in [6.07, 6.45) is 4.66. The summed E-state index contributed by atoms with van der Waals surface area (Å²) >= 11 is 7.57. The summed E-state index contributed by atoms with van der Waals surface area (Å²) in [4.78, 5) is 19.5. The molecule has 2 heterocycles. The minimum Gasteiger partial charge on any atom is -0.339 e. The Bertz CT molecular complexity index is 896. The van der Waals surface area contributed by atoms with Crippen molar-refractivity contribution in [3.8, 4) is 10.6 Å². The van der Waals surface area contributed by atoms with Crippen molar-refractivity contribution in [3.63, 3.8) is 0 Å². The Morgan fingerprint density at radius 1 is 1.00 bits per heavy atom. The average Bonchev–Trinajstić information content (AvgIpc) is 2.86. The molecular formula is C20H19ClN2OS. The highest BCUT2D eigenvalue weighted by molar-refractivity contribution is 7.21. The summed E-state index contributed by atoms with van der Waals surface area (Å²) in [6, 6.07) is 13.5. The first-order valence-corrected chi connectivity index (χ1v) is 9.86. The Morgan fingerprint density at radius 2 is 1.72 bits per heavy atom. The fourth-order valence-corrected chi connectivity index (χ4v) is 4.37. The van der Waals surface area contributed by atoms with Crippen molar-refractivity contribution in [1.29, 1.82) is 0 Å². The largest absolute Gasteiger partial charge is 0.339 e.